The van der Waals surface area contributed by atoms with Gasteiger partial charge in [-0.2, -0.15) is 0 Å². The summed E-state index contributed by atoms with van der Waals surface area (Å²) < 4.78 is 22.8. The molecule has 0 aromatic heterocycles. The summed E-state index contributed by atoms with van der Waals surface area (Å²) in [6, 6.07) is 0. The predicted octanol–water partition coefficient (Wildman–Crippen LogP) is -2.43. The van der Waals surface area contributed by atoms with E-state index in [0.717, 1.165) is 6.26 Å². The van der Waals surface area contributed by atoms with Gasteiger partial charge in [-0.1, -0.05) is 0 Å². The lowest BCUT2D eigenvalue weighted by Gasteiger charge is -2.34. The first-order valence-corrected chi connectivity index (χ1v) is 6.19. The molecule has 0 spiro atoms. The van der Waals surface area contributed by atoms with Gasteiger partial charge in [-0.25, -0.2) is 8.42 Å². The normalized spacial score (nSPS) is 17.1. The van der Waals surface area contributed by atoms with E-state index in [1.165, 1.54) is 0 Å². The smallest absolute Gasteiger partial charge is 0.220 e. The van der Waals surface area contributed by atoms with Crippen LogP contribution in [0.2, 0.25) is 0 Å². The highest BCUT2D eigenvalue weighted by molar-refractivity contribution is 7.91. The number of quaternary nitrogens is 1. The first kappa shape index (κ1) is 14.3. The van der Waals surface area contributed by atoms with Crippen molar-refractivity contribution in [2.75, 3.05) is 33.9 Å². The molecule has 0 saturated carbocycles. The van der Waals surface area contributed by atoms with Crippen LogP contribution in [0.25, 0.3) is 0 Å². The van der Waals surface area contributed by atoms with Crippen molar-refractivity contribution in [1.82, 2.24) is 0 Å². The fourth-order valence-electron chi connectivity index (χ4n) is 1.27. The van der Waals surface area contributed by atoms with Gasteiger partial charge in [0.15, 0.2) is 9.84 Å². The summed E-state index contributed by atoms with van der Waals surface area (Å²) in [5, 5.41) is 20.2. The Morgan fingerprint density at radius 2 is 1.80 bits per heavy atom. The minimum Gasteiger partial charge on any atom is -0.550 e. The van der Waals surface area contributed by atoms with E-state index in [1.54, 1.807) is 21.1 Å². The van der Waals surface area contributed by atoms with E-state index in [0.29, 0.717) is 0 Å². The van der Waals surface area contributed by atoms with Crippen LogP contribution in [0, 0.1) is 0 Å². The molecule has 0 fully saturated rings. The van der Waals surface area contributed by atoms with Crippen molar-refractivity contribution in [3.8, 4) is 0 Å². The molecular formula is C8H17NO5S. The average Bonchev–Trinajstić information content (AvgIpc) is 1.75. The summed E-state index contributed by atoms with van der Waals surface area (Å²) in [7, 11) is 1.10. The van der Waals surface area contributed by atoms with Crippen LogP contribution < -0.4 is 5.11 Å². The number of rotatable bonds is 5. The molecule has 0 aliphatic rings. The zero-order valence-electron chi connectivity index (χ0n) is 9.35. The molecule has 0 aromatic rings. The third kappa shape index (κ3) is 4.59. The maximum Gasteiger partial charge on any atom is 0.220 e. The lowest BCUT2D eigenvalue weighted by Crippen LogP contribution is -2.55. The van der Waals surface area contributed by atoms with E-state index >= 15 is 0 Å². The van der Waals surface area contributed by atoms with E-state index in [4.69, 9.17) is 0 Å². The number of carbonyl (C=O) groups excluding carboxylic acids is 1. The molecule has 0 rings (SSSR count). The highest BCUT2D eigenvalue weighted by Crippen LogP contribution is 2.20. The topological polar surface area (TPSA) is 94.5 Å². The Morgan fingerprint density at radius 3 is 2.00 bits per heavy atom. The van der Waals surface area contributed by atoms with Crippen molar-refractivity contribution >= 4 is 15.8 Å². The Hall–Kier alpha value is -0.660. The minimum absolute atomic E-state index is 0.136. The molecule has 7 heteroatoms. The van der Waals surface area contributed by atoms with Gasteiger partial charge in [-0.05, 0) is 0 Å². The van der Waals surface area contributed by atoms with Gasteiger partial charge < -0.3 is 19.5 Å². The van der Waals surface area contributed by atoms with Gasteiger partial charge in [-0.15, -0.1) is 0 Å². The fraction of sp³-hybridized carbons (Fsp3) is 0.875. The van der Waals surface area contributed by atoms with Crippen LogP contribution in [0.3, 0.4) is 0 Å². The zero-order chi connectivity index (χ0) is 12.5. The van der Waals surface area contributed by atoms with Crippen LogP contribution in [0.1, 0.15) is 6.42 Å². The molecule has 0 heterocycles. The Balaban J connectivity index is 5.14. The highest BCUT2D eigenvalue weighted by Gasteiger charge is 2.43. The second-order valence-electron chi connectivity index (χ2n) is 4.72. The quantitative estimate of drug-likeness (QED) is 0.538. The molecule has 0 saturated heterocycles. The van der Waals surface area contributed by atoms with E-state index in [2.05, 4.69) is 0 Å². The van der Waals surface area contributed by atoms with Crippen molar-refractivity contribution in [1.29, 1.82) is 0 Å². The molecule has 0 aromatic carbocycles. The predicted molar refractivity (Wildman–Crippen MR) is 52.3 cm³/mol. The van der Waals surface area contributed by atoms with E-state index in [1.807, 2.05) is 0 Å². The maximum atomic E-state index is 11.3. The van der Waals surface area contributed by atoms with Crippen molar-refractivity contribution in [2.45, 2.75) is 11.4 Å². The monoisotopic (exact) mass is 239 g/mol. The molecule has 1 N–H and O–H groups in total. The number of aliphatic hydroxyl groups is 1. The summed E-state index contributed by atoms with van der Waals surface area (Å²) >= 11 is 0. The molecular weight excluding hydrogens is 222 g/mol. The largest absolute Gasteiger partial charge is 0.550 e. The van der Waals surface area contributed by atoms with Gasteiger partial charge in [0.2, 0.25) is 4.93 Å². The van der Waals surface area contributed by atoms with Crippen LogP contribution >= 0.6 is 0 Å². The number of sulfone groups is 1. The summed E-state index contributed by atoms with van der Waals surface area (Å²) in [5.74, 6) is -1.59. The summed E-state index contributed by atoms with van der Waals surface area (Å²) in [5.41, 5.74) is 0. The molecule has 0 aliphatic heterocycles. The molecule has 0 radical (unpaired) electrons. The van der Waals surface area contributed by atoms with Crippen LogP contribution in [-0.2, 0) is 14.6 Å². The number of aliphatic carboxylic acids is 1. The van der Waals surface area contributed by atoms with Crippen molar-refractivity contribution in [2.24, 2.45) is 0 Å². The first-order valence-electron chi connectivity index (χ1n) is 4.30. The second kappa shape index (κ2) is 4.07. The molecule has 1 atom stereocenters. The molecule has 90 valence electrons. The van der Waals surface area contributed by atoms with Gasteiger partial charge in [0, 0.05) is 18.6 Å². The van der Waals surface area contributed by atoms with Gasteiger partial charge >= 0.3 is 0 Å². The van der Waals surface area contributed by atoms with Gasteiger partial charge in [-0.3, -0.25) is 0 Å². The standard InChI is InChI=1S/C8H17NO5S/c1-9(2,3)6-8(12,5-7(10)11)15(4,13)14/h12H,5-6H2,1-4H3. The number of nitrogens with zero attached hydrogens (tertiary/aromatic N) is 1. The minimum atomic E-state index is -3.87. The van der Waals surface area contributed by atoms with Crippen molar-refractivity contribution in [3.63, 3.8) is 0 Å². The van der Waals surface area contributed by atoms with Crippen LogP contribution in [0.15, 0.2) is 0 Å². The highest BCUT2D eigenvalue weighted by atomic mass is 32.2. The summed E-state index contributed by atoms with van der Waals surface area (Å²) in [6.07, 6.45) is -0.104. The number of likely N-dealkylation sites (N-methyl/N-ethyl adjacent to an activating group) is 1. The summed E-state index contributed by atoms with van der Waals surface area (Å²) in [6.45, 7) is -0.209. The van der Waals surface area contributed by atoms with Crippen molar-refractivity contribution < 1.29 is 27.9 Å². The lowest BCUT2D eigenvalue weighted by atomic mass is 10.2. The second-order valence-corrected chi connectivity index (χ2v) is 7.02. The van der Waals surface area contributed by atoms with E-state index in [9.17, 15) is 23.4 Å². The maximum absolute atomic E-state index is 11.3. The first-order chi connectivity index (χ1) is 6.37. The zero-order valence-corrected chi connectivity index (χ0v) is 10.2. The number of hydrogen-bond donors (Lipinski definition) is 1. The molecule has 15 heavy (non-hydrogen) atoms. The van der Waals surface area contributed by atoms with Gasteiger partial charge in [0.1, 0.15) is 6.54 Å². The average molecular weight is 239 g/mol. The lowest BCUT2D eigenvalue weighted by molar-refractivity contribution is -0.874. The number of carbonyl (C=O) groups is 1. The van der Waals surface area contributed by atoms with Crippen LogP contribution in [0.5, 0.6) is 0 Å². The molecule has 0 amide bonds. The number of hydrogen-bond acceptors (Lipinski definition) is 5. The Labute approximate surface area is 89.6 Å². The third-order valence-corrected chi connectivity index (χ3v) is 3.49. The molecule has 0 bridgehead atoms. The van der Waals surface area contributed by atoms with Crippen LogP contribution in [-0.4, -0.2) is 62.9 Å². The summed E-state index contributed by atoms with van der Waals surface area (Å²) in [4.78, 5) is 8.13. The van der Waals surface area contributed by atoms with E-state index in [-0.39, 0.29) is 11.0 Å². The Morgan fingerprint density at radius 1 is 1.40 bits per heavy atom. The van der Waals surface area contributed by atoms with Gasteiger partial charge in [0.25, 0.3) is 0 Å². The SMILES string of the molecule is C[N+](C)(C)CC(O)(CC(=O)[O-])S(C)(=O)=O. The van der Waals surface area contributed by atoms with Crippen molar-refractivity contribution in [3.05, 3.63) is 0 Å². The number of carboxylic acid groups (broad SMARTS) is 1. The Bertz CT molecular complexity index is 343. The molecule has 1 unspecified atom stereocenters. The third-order valence-electron chi connectivity index (χ3n) is 1.83. The fourth-order valence-corrected chi connectivity index (χ4v) is 2.27. The molecule has 6 nitrogen and oxygen atoms in total. The Kier molecular flexibility index (Phi) is 3.89. The van der Waals surface area contributed by atoms with Gasteiger partial charge in [0.05, 0.1) is 21.1 Å². The molecule has 0 aliphatic carbocycles. The number of carboxylic acids is 1. The van der Waals surface area contributed by atoms with E-state index < -0.39 is 27.2 Å². The van der Waals surface area contributed by atoms with Crippen LogP contribution in [0.4, 0.5) is 0 Å².